The molecule has 0 bridgehead atoms. The summed E-state index contributed by atoms with van der Waals surface area (Å²) in [7, 11) is -1.31. The molecule has 1 aliphatic heterocycles. The maximum Gasteiger partial charge on any atom is 0.256 e. The van der Waals surface area contributed by atoms with Crippen LogP contribution in [-0.2, 0) is 9.84 Å². The van der Waals surface area contributed by atoms with Gasteiger partial charge in [-0.05, 0) is 31.9 Å². The number of aromatic nitrogens is 1. The molecule has 5 nitrogen and oxygen atoms in total. The van der Waals surface area contributed by atoms with Gasteiger partial charge < -0.3 is 9.88 Å². The molecule has 2 heterocycles. The molecule has 0 saturated carbocycles. The number of amides is 1. The van der Waals surface area contributed by atoms with E-state index in [9.17, 15) is 13.2 Å². The maximum absolute atomic E-state index is 12.8. The van der Waals surface area contributed by atoms with Crippen LogP contribution in [0.3, 0.4) is 0 Å². The summed E-state index contributed by atoms with van der Waals surface area (Å²) in [6, 6.07) is 5.42. The van der Waals surface area contributed by atoms with E-state index in [0.29, 0.717) is 12.0 Å². The molecule has 1 aromatic heterocycles. The minimum atomic E-state index is -3.00. The Hall–Kier alpha value is -1.82. The predicted octanol–water partition coefficient (Wildman–Crippen LogP) is 2.04. The van der Waals surface area contributed by atoms with Crippen molar-refractivity contribution >= 4 is 26.6 Å². The van der Waals surface area contributed by atoms with Crippen LogP contribution in [0, 0.1) is 13.8 Å². The minimum Gasteiger partial charge on any atom is -0.358 e. The highest BCUT2D eigenvalue weighted by Gasteiger charge is 2.33. The Balaban J connectivity index is 1.97. The van der Waals surface area contributed by atoms with Crippen LogP contribution < -0.4 is 0 Å². The van der Waals surface area contributed by atoms with Crippen molar-refractivity contribution in [2.75, 3.05) is 18.6 Å². The first-order valence-corrected chi connectivity index (χ1v) is 9.18. The Kier molecular flexibility index (Phi) is 3.51. The van der Waals surface area contributed by atoms with Crippen molar-refractivity contribution in [1.82, 2.24) is 9.88 Å². The molecule has 1 N–H and O–H groups in total. The maximum atomic E-state index is 12.8. The van der Waals surface area contributed by atoms with E-state index in [4.69, 9.17) is 0 Å². The third kappa shape index (κ3) is 2.41. The Labute approximate surface area is 130 Å². The summed E-state index contributed by atoms with van der Waals surface area (Å²) in [5.41, 5.74) is 3.60. The molecule has 1 fully saturated rings. The zero-order valence-corrected chi connectivity index (χ0v) is 13.8. The molecule has 0 spiro atoms. The van der Waals surface area contributed by atoms with E-state index in [2.05, 4.69) is 4.98 Å². The highest BCUT2D eigenvalue weighted by atomic mass is 32.2. The Morgan fingerprint density at radius 1 is 1.32 bits per heavy atom. The quantitative estimate of drug-likeness (QED) is 0.920. The Morgan fingerprint density at radius 2 is 2.05 bits per heavy atom. The summed E-state index contributed by atoms with van der Waals surface area (Å²) in [5, 5.41) is 1.04. The molecule has 1 amide bonds. The predicted molar refractivity (Wildman–Crippen MR) is 86.9 cm³/mol. The van der Waals surface area contributed by atoms with Crippen molar-refractivity contribution in [2.45, 2.75) is 26.3 Å². The lowest BCUT2D eigenvalue weighted by Gasteiger charge is -2.23. The zero-order chi connectivity index (χ0) is 16.1. The van der Waals surface area contributed by atoms with E-state index in [-0.39, 0.29) is 23.5 Å². The summed E-state index contributed by atoms with van der Waals surface area (Å²) < 4.78 is 23.2. The van der Waals surface area contributed by atoms with Crippen molar-refractivity contribution in [1.29, 1.82) is 0 Å². The fourth-order valence-corrected chi connectivity index (χ4v) is 4.87. The van der Waals surface area contributed by atoms with Crippen LogP contribution >= 0.6 is 0 Å². The number of H-pyrrole nitrogens is 1. The molecular weight excluding hydrogens is 300 g/mol. The van der Waals surface area contributed by atoms with Gasteiger partial charge in [0.1, 0.15) is 0 Å². The normalized spacial score (nSPS) is 20.4. The van der Waals surface area contributed by atoms with Crippen LogP contribution in [0.4, 0.5) is 0 Å². The number of nitrogens with one attached hydrogen (secondary N) is 1. The van der Waals surface area contributed by atoms with Crippen LogP contribution in [0.1, 0.15) is 28.0 Å². The number of carbonyl (C=O) groups excluding carboxylic acids is 1. The molecule has 1 atom stereocenters. The third-order valence-electron chi connectivity index (χ3n) is 4.65. The zero-order valence-electron chi connectivity index (χ0n) is 13.0. The average molecular weight is 320 g/mol. The van der Waals surface area contributed by atoms with E-state index in [0.717, 1.165) is 22.2 Å². The van der Waals surface area contributed by atoms with Crippen LogP contribution in [0.2, 0.25) is 0 Å². The Bertz CT molecular complexity index is 852. The monoisotopic (exact) mass is 320 g/mol. The van der Waals surface area contributed by atoms with Gasteiger partial charge in [-0.15, -0.1) is 0 Å². The molecule has 3 rings (SSSR count). The number of benzene rings is 1. The Morgan fingerprint density at radius 3 is 2.68 bits per heavy atom. The van der Waals surface area contributed by atoms with E-state index in [1.54, 1.807) is 18.0 Å². The fraction of sp³-hybridized carbons (Fsp3) is 0.438. The van der Waals surface area contributed by atoms with Gasteiger partial charge in [-0.25, -0.2) is 8.42 Å². The van der Waals surface area contributed by atoms with Crippen LogP contribution in [0.5, 0.6) is 0 Å². The van der Waals surface area contributed by atoms with Gasteiger partial charge in [0.25, 0.3) is 5.91 Å². The first kappa shape index (κ1) is 15.1. The van der Waals surface area contributed by atoms with Gasteiger partial charge in [0.2, 0.25) is 0 Å². The lowest BCUT2D eigenvalue weighted by molar-refractivity contribution is 0.0749. The molecule has 1 aliphatic rings. The van der Waals surface area contributed by atoms with Crippen molar-refractivity contribution in [3.05, 3.63) is 35.0 Å². The lowest BCUT2D eigenvalue weighted by atomic mass is 10.1. The number of sulfone groups is 1. The summed E-state index contributed by atoms with van der Waals surface area (Å²) in [5.74, 6) is 0.0998. The summed E-state index contributed by atoms with van der Waals surface area (Å²) in [4.78, 5) is 17.6. The highest BCUT2D eigenvalue weighted by Crippen LogP contribution is 2.26. The summed E-state index contributed by atoms with van der Waals surface area (Å²) in [6.45, 7) is 4.01. The van der Waals surface area contributed by atoms with E-state index in [1.165, 1.54) is 0 Å². The molecule has 0 radical (unpaired) electrons. The van der Waals surface area contributed by atoms with Crippen molar-refractivity contribution in [3.8, 4) is 0 Å². The molecule has 1 aromatic carbocycles. The van der Waals surface area contributed by atoms with E-state index < -0.39 is 9.84 Å². The number of carbonyl (C=O) groups is 1. The van der Waals surface area contributed by atoms with Gasteiger partial charge in [-0.3, -0.25) is 4.79 Å². The van der Waals surface area contributed by atoms with Crippen molar-refractivity contribution < 1.29 is 13.2 Å². The average Bonchev–Trinajstić information content (AvgIpc) is 2.98. The van der Waals surface area contributed by atoms with E-state index >= 15 is 0 Å². The van der Waals surface area contributed by atoms with E-state index in [1.807, 2.05) is 26.0 Å². The van der Waals surface area contributed by atoms with Crippen LogP contribution in [0.25, 0.3) is 10.9 Å². The summed E-state index contributed by atoms with van der Waals surface area (Å²) >= 11 is 0. The number of aromatic amines is 1. The van der Waals surface area contributed by atoms with Crippen molar-refractivity contribution in [3.63, 3.8) is 0 Å². The second kappa shape index (κ2) is 5.12. The second-order valence-corrected chi connectivity index (χ2v) is 8.30. The number of nitrogens with zero attached hydrogens (tertiary/aromatic N) is 1. The van der Waals surface area contributed by atoms with Gasteiger partial charge >= 0.3 is 0 Å². The lowest BCUT2D eigenvalue weighted by Crippen LogP contribution is -2.37. The third-order valence-corrected chi connectivity index (χ3v) is 6.40. The minimum absolute atomic E-state index is 0.0635. The number of rotatable bonds is 2. The highest BCUT2D eigenvalue weighted by molar-refractivity contribution is 7.91. The number of fused-ring (bicyclic) bond motifs is 1. The first-order chi connectivity index (χ1) is 10.3. The summed E-state index contributed by atoms with van der Waals surface area (Å²) in [6.07, 6.45) is 0.517. The van der Waals surface area contributed by atoms with Crippen molar-refractivity contribution in [2.24, 2.45) is 0 Å². The smallest absolute Gasteiger partial charge is 0.256 e. The number of hydrogen-bond donors (Lipinski definition) is 1. The molecule has 2 aromatic rings. The molecule has 118 valence electrons. The number of aryl methyl sites for hydroxylation is 2. The molecular formula is C16H20N2O3S. The van der Waals surface area contributed by atoms with Crippen LogP contribution in [0.15, 0.2) is 18.2 Å². The molecule has 1 saturated heterocycles. The second-order valence-electron chi connectivity index (χ2n) is 6.08. The number of para-hydroxylation sites is 1. The molecule has 0 aliphatic carbocycles. The van der Waals surface area contributed by atoms with Gasteiger partial charge in [0.05, 0.1) is 22.6 Å². The van der Waals surface area contributed by atoms with Crippen LogP contribution in [-0.4, -0.2) is 48.8 Å². The molecule has 0 unspecified atom stereocenters. The van der Waals surface area contributed by atoms with Gasteiger partial charge in [0, 0.05) is 24.2 Å². The largest absolute Gasteiger partial charge is 0.358 e. The molecule has 6 heteroatoms. The van der Waals surface area contributed by atoms with Gasteiger partial charge in [-0.2, -0.15) is 0 Å². The van der Waals surface area contributed by atoms with Gasteiger partial charge in [-0.1, -0.05) is 12.1 Å². The topological polar surface area (TPSA) is 70.2 Å². The van der Waals surface area contributed by atoms with Gasteiger partial charge in [0.15, 0.2) is 9.84 Å². The molecule has 22 heavy (non-hydrogen) atoms. The SMILES string of the molecule is Cc1[nH]c2c(C(=O)N(C)[C@H]3CCS(=O)(=O)C3)cccc2c1C. The first-order valence-electron chi connectivity index (χ1n) is 7.35. The fourth-order valence-electron chi connectivity index (χ4n) is 3.10. The standard InChI is InChI=1S/C16H20N2O3S/c1-10-11(2)17-15-13(10)5-4-6-14(15)16(19)18(3)12-7-8-22(20,21)9-12/h4-6,12,17H,7-9H2,1-3H3/t12-/m0/s1. The number of hydrogen-bond acceptors (Lipinski definition) is 3.